The molecule has 1 aromatic rings. The van der Waals surface area contributed by atoms with Crippen molar-refractivity contribution in [3.05, 3.63) is 29.6 Å². The molecule has 0 bridgehead atoms. The van der Waals surface area contributed by atoms with Gasteiger partial charge < -0.3 is 10.4 Å². The zero-order valence-electron chi connectivity index (χ0n) is 9.35. The predicted octanol–water partition coefficient (Wildman–Crippen LogP) is 1.20. The molecule has 0 atom stereocenters. The number of carbonyl (C=O) groups excluding carboxylic acids is 1. The van der Waals surface area contributed by atoms with E-state index in [-0.39, 0.29) is 17.5 Å². The maximum absolute atomic E-state index is 11.6. The Labute approximate surface area is 98.9 Å². The number of aromatic nitrogens is 1. The molecule has 0 aromatic carbocycles. The van der Waals surface area contributed by atoms with E-state index in [4.69, 9.17) is 5.11 Å². The smallest absolute Gasteiger partial charge is 0.354 e. The monoisotopic (exact) mass is 234 g/mol. The summed E-state index contributed by atoms with van der Waals surface area (Å²) < 4.78 is 0. The van der Waals surface area contributed by atoms with Crippen molar-refractivity contribution in [2.75, 3.05) is 0 Å². The van der Waals surface area contributed by atoms with Gasteiger partial charge in [-0.25, -0.2) is 9.78 Å². The second-order valence-electron chi connectivity index (χ2n) is 4.20. The zero-order chi connectivity index (χ0) is 12.3. The van der Waals surface area contributed by atoms with E-state index in [1.807, 2.05) is 0 Å². The topological polar surface area (TPSA) is 79.3 Å². The minimum atomic E-state index is -1.06. The minimum Gasteiger partial charge on any atom is -0.477 e. The van der Waals surface area contributed by atoms with Crippen LogP contribution in [0.15, 0.2) is 18.3 Å². The maximum atomic E-state index is 11.6. The number of nitrogens with zero attached hydrogens (tertiary/aromatic N) is 1. The number of nitrogens with one attached hydrogen (secondary N) is 1. The van der Waals surface area contributed by atoms with Crippen molar-refractivity contribution in [2.45, 2.75) is 25.8 Å². The number of hydrogen-bond acceptors (Lipinski definition) is 3. The van der Waals surface area contributed by atoms with Gasteiger partial charge in [-0.15, -0.1) is 0 Å². The van der Waals surface area contributed by atoms with E-state index in [1.165, 1.54) is 12.3 Å². The lowest BCUT2D eigenvalue weighted by Crippen LogP contribution is -2.34. The lowest BCUT2D eigenvalue weighted by Gasteiger charge is -2.24. The average molecular weight is 234 g/mol. The van der Waals surface area contributed by atoms with Gasteiger partial charge in [-0.2, -0.15) is 0 Å². The molecule has 0 aliphatic heterocycles. The van der Waals surface area contributed by atoms with Crippen molar-refractivity contribution >= 4 is 11.9 Å². The maximum Gasteiger partial charge on any atom is 0.354 e. The molecule has 1 aromatic heterocycles. The number of amides is 1. The number of hydrogen-bond donors (Lipinski definition) is 2. The molecule has 1 aliphatic carbocycles. The van der Waals surface area contributed by atoms with Crippen LogP contribution in [-0.4, -0.2) is 22.0 Å². The van der Waals surface area contributed by atoms with E-state index in [9.17, 15) is 9.59 Å². The Kier molecular flexibility index (Phi) is 3.37. The van der Waals surface area contributed by atoms with E-state index < -0.39 is 5.97 Å². The molecule has 5 nitrogen and oxygen atoms in total. The first kappa shape index (κ1) is 11.6. The lowest BCUT2D eigenvalue weighted by molar-refractivity contribution is -0.127. The quantitative estimate of drug-likeness (QED) is 0.820. The fraction of sp³-hybridized carbons (Fsp3) is 0.417. The van der Waals surface area contributed by atoms with Crippen LogP contribution in [0.3, 0.4) is 0 Å². The summed E-state index contributed by atoms with van der Waals surface area (Å²) in [6.45, 7) is 0.359. The fourth-order valence-electron chi connectivity index (χ4n) is 1.71. The van der Waals surface area contributed by atoms with Crippen LogP contribution in [-0.2, 0) is 11.3 Å². The van der Waals surface area contributed by atoms with Crippen LogP contribution in [0, 0.1) is 5.92 Å². The van der Waals surface area contributed by atoms with Gasteiger partial charge >= 0.3 is 5.97 Å². The Balaban J connectivity index is 1.91. The van der Waals surface area contributed by atoms with E-state index in [2.05, 4.69) is 10.3 Å². The predicted molar refractivity (Wildman–Crippen MR) is 60.4 cm³/mol. The van der Waals surface area contributed by atoms with Gasteiger partial charge in [-0.3, -0.25) is 4.79 Å². The Bertz CT molecular complexity index is 441. The molecule has 17 heavy (non-hydrogen) atoms. The van der Waals surface area contributed by atoms with Crippen molar-refractivity contribution in [3.8, 4) is 0 Å². The largest absolute Gasteiger partial charge is 0.477 e. The average Bonchev–Trinajstić information content (AvgIpc) is 2.24. The molecule has 1 aliphatic rings. The first-order valence-electron chi connectivity index (χ1n) is 5.63. The molecule has 1 saturated carbocycles. The van der Waals surface area contributed by atoms with Gasteiger partial charge in [0, 0.05) is 18.7 Å². The summed E-state index contributed by atoms with van der Waals surface area (Å²) in [5.74, 6) is -0.849. The summed E-state index contributed by atoms with van der Waals surface area (Å²) >= 11 is 0. The van der Waals surface area contributed by atoms with E-state index in [0.29, 0.717) is 6.54 Å². The Morgan fingerprint density at radius 3 is 2.82 bits per heavy atom. The molecule has 2 rings (SSSR count). The molecule has 0 unspecified atom stereocenters. The summed E-state index contributed by atoms with van der Waals surface area (Å²) in [7, 11) is 0. The van der Waals surface area contributed by atoms with Crippen molar-refractivity contribution < 1.29 is 14.7 Å². The van der Waals surface area contributed by atoms with E-state index >= 15 is 0 Å². The highest BCUT2D eigenvalue weighted by atomic mass is 16.4. The Hall–Kier alpha value is -1.91. The molecular weight excluding hydrogens is 220 g/mol. The third-order valence-electron chi connectivity index (χ3n) is 2.99. The summed E-state index contributed by atoms with van der Waals surface area (Å²) in [4.78, 5) is 26.0. The Morgan fingerprint density at radius 2 is 2.24 bits per heavy atom. The number of rotatable bonds is 4. The van der Waals surface area contributed by atoms with Crippen molar-refractivity contribution in [1.82, 2.24) is 10.3 Å². The molecule has 1 fully saturated rings. The van der Waals surface area contributed by atoms with Crippen LogP contribution < -0.4 is 5.32 Å². The molecule has 0 radical (unpaired) electrons. The highest BCUT2D eigenvalue weighted by Gasteiger charge is 2.24. The van der Waals surface area contributed by atoms with Crippen LogP contribution in [0.25, 0.3) is 0 Å². The Morgan fingerprint density at radius 1 is 1.47 bits per heavy atom. The van der Waals surface area contributed by atoms with E-state index in [1.54, 1.807) is 6.07 Å². The van der Waals surface area contributed by atoms with Crippen molar-refractivity contribution in [3.63, 3.8) is 0 Å². The summed E-state index contributed by atoms with van der Waals surface area (Å²) in [6, 6.07) is 3.18. The molecule has 1 heterocycles. The number of aromatic carboxylic acids is 1. The lowest BCUT2D eigenvalue weighted by atomic mass is 9.85. The SMILES string of the molecule is O=C(O)c1cc(CNC(=O)C2CCC2)ccn1. The van der Waals surface area contributed by atoms with Crippen LogP contribution in [0.2, 0.25) is 0 Å². The molecular formula is C12H14N2O3. The standard InChI is InChI=1S/C12H14N2O3/c15-11(9-2-1-3-9)14-7-8-4-5-13-10(6-8)12(16)17/h4-6,9H,1-3,7H2,(H,14,15)(H,16,17). The number of carbonyl (C=O) groups is 2. The first-order valence-corrected chi connectivity index (χ1v) is 5.63. The van der Waals surface area contributed by atoms with Crippen LogP contribution >= 0.6 is 0 Å². The third-order valence-corrected chi connectivity index (χ3v) is 2.99. The van der Waals surface area contributed by atoms with Gasteiger partial charge in [0.25, 0.3) is 0 Å². The molecule has 0 spiro atoms. The molecule has 0 saturated heterocycles. The molecule has 2 N–H and O–H groups in total. The summed E-state index contributed by atoms with van der Waals surface area (Å²) in [5.41, 5.74) is 0.755. The molecule has 5 heteroatoms. The summed E-state index contributed by atoms with van der Waals surface area (Å²) in [6.07, 6.45) is 4.48. The highest BCUT2D eigenvalue weighted by Crippen LogP contribution is 2.26. The van der Waals surface area contributed by atoms with Gasteiger partial charge in [0.1, 0.15) is 5.69 Å². The molecule has 90 valence electrons. The summed E-state index contributed by atoms with van der Waals surface area (Å²) in [5, 5.41) is 11.6. The van der Waals surface area contributed by atoms with Gasteiger partial charge in [-0.05, 0) is 30.5 Å². The van der Waals surface area contributed by atoms with Gasteiger partial charge in [0.2, 0.25) is 5.91 Å². The normalized spacial score (nSPS) is 15.1. The van der Waals surface area contributed by atoms with Gasteiger partial charge in [-0.1, -0.05) is 6.42 Å². The van der Waals surface area contributed by atoms with Gasteiger partial charge in [0.05, 0.1) is 0 Å². The minimum absolute atomic E-state index is 0.000364. The van der Waals surface area contributed by atoms with Crippen LogP contribution in [0.4, 0.5) is 0 Å². The van der Waals surface area contributed by atoms with Crippen molar-refractivity contribution in [1.29, 1.82) is 0 Å². The first-order chi connectivity index (χ1) is 8.16. The third kappa shape index (κ3) is 2.81. The second-order valence-corrected chi connectivity index (χ2v) is 4.20. The highest BCUT2D eigenvalue weighted by molar-refractivity contribution is 5.85. The van der Waals surface area contributed by atoms with Crippen LogP contribution in [0.1, 0.15) is 35.3 Å². The van der Waals surface area contributed by atoms with Gasteiger partial charge in [0.15, 0.2) is 0 Å². The van der Waals surface area contributed by atoms with Crippen molar-refractivity contribution in [2.24, 2.45) is 5.92 Å². The number of carboxylic acid groups (broad SMARTS) is 1. The fourth-order valence-corrected chi connectivity index (χ4v) is 1.71. The van der Waals surface area contributed by atoms with Crippen LogP contribution in [0.5, 0.6) is 0 Å². The van der Waals surface area contributed by atoms with E-state index in [0.717, 1.165) is 24.8 Å². The number of pyridine rings is 1. The molecule has 1 amide bonds. The number of carboxylic acids is 1. The second kappa shape index (κ2) is 4.95. The zero-order valence-corrected chi connectivity index (χ0v) is 9.35.